The van der Waals surface area contributed by atoms with Crippen LogP contribution in [-0.2, 0) is 10.0 Å². The van der Waals surface area contributed by atoms with E-state index in [-0.39, 0.29) is 30.0 Å². The summed E-state index contributed by atoms with van der Waals surface area (Å²) in [6, 6.07) is 8.41. The molecule has 3 aromatic rings. The van der Waals surface area contributed by atoms with Gasteiger partial charge in [-0.25, -0.2) is 17.6 Å². The molecule has 0 unspecified atom stereocenters. The number of carbonyl (C=O) groups excluding carboxylic acids is 2. The lowest BCUT2D eigenvalue weighted by molar-refractivity contribution is 0.0977. The summed E-state index contributed by atoms with van der Waals surface area (Å²) in [5.41, 5.74) is 3.33. The summed E-state index contributed by atoms with van der Waals surface area (Å²) in [5, 5.41) is 2.39. The van der Waals surface area contributed by atoms with Gasteiger partial charge in [0.05, 0.1) is 22.2 Å². The molecule has 0 aliphatic carbocycles. The Morgan fingerprint density at radius 2 is 1.65 bits per heavy atom. The Kier molecular flexibility index (Phi) is 6.11. The summed E-state index contributed by atoms with van der Waals surface area (Å²) < 4.78 is 39.8. The molecule has 1 aromatic heterocycles. The molecular formula is C18H11Cl2FN4O5S. The van der Waals surface area contributed by atoms with E-state index in [2.05, 4.69) is 4.98 Å². The van der Waals surface area contributed by atoms with Gasteiger partial charge < -0.3 is 11.1 Å². The molecule has 0 saturated carbocycles. The van der Waals surface area contributed by atoms with Crippen molar-refractivity contribution in [2.45, 2.75) is 4.90 Å². The first-order valence-electron chi connectivity index (χ1n) is 8.22. The average Bonchev–Trinajstić information content (AvgIpc) is 2.70. The number of hydrogen-bond acceptors (Lipinski definition) is 6. The lowest BCUT2D eigenvalue weighted by atomic mass is 10.1. The molecule has 0 aliphatic rings. The van der Waals surface area contributed by atoms with Gasteiger partial charge in [-0.1, -0.05) is 23.2 Å². The first kappa shape index (κ1) is 22.4. The largest absolute Gasteiger partial charge is 0.366 e. The van der Waals surface area contributed by atoms with Gasteiger partial charge in [-0.15, -0.1) is 0 Å². The molecule has 0 radical (unpaired) electrons. The van der Waals surface area contributed by atoms with Crippen LogP contribution in [0.2, 0.25) is 10.0 Å². The van der Waals surface area contributed by atoms with Crippen molar-refractivity contribution in [3.63, 3.8) is 0 Å². The molecule has 2 aromatic carbocycles. The molecule has 0 spiro atoms. The minimum Gasteiger partial charge on any atom is -0.366 e. The Bertz CT molecular complexity index is 1370. The smallest absolute Gasteiger partial charge is 0.363 e. The third kappa shape index (κ3) is 4.58. The van der Waals surface area contributed by atoms with Crippen LogP contribution >= 0.6 is 23.2 Å². The Morgan fingerprint density at radius 3 is 2.26 bits per heavy atom. The predicted molar refractivity (Wildman–Crippen MR) is 110 cm³/mol. The number of rotatable bonds is 5. The van der Waals surface area contributed by atoms with E-state index in [9.17, 15) is 27.2 Å². The van der Waals surface area contributed by atoms with E-state index < -0.39 is 39.2 Å². The summed E-state index contributed by atoms with van der Waals surface area (Å²) in [5.74, 6) is -4.15. The lowest BCUT2D eigenvalue weighted by Crippen LogP contribution is -2.31. The molecule has 3 rings (SSSR count). The zero-order chi connectivity index (χ0) is 22.9. The van der Waals surface area contributed by atoms with Crippen molar-refractivity contribution in [2.24, 2.45) is 5.73 Å². The molecule has 9 nitrogen and oxygen atoms in total. The van der Waals surface area contributed by atoms with Crippen molar-refractivity contribution in [1.82, 2.24) is 8.96 Å². The number of nitrogens with one attached hydrogen (secondary N) is 1. The van der Waals surface area contributed by atoms with E-state index in [1.54, 1.807) is 0 Å². The molecule has 2 amide bonds. The highest BCUT2D eigenvalue weighted by atomic mass is 35.5. The minimum atomic E-state index is -4.47. The van der Waals surface area contributed by atoms with Crippen LogP contribution in [0.25, 0.3) is 0 Å². The number of carbonyl (C=O) groups is 2. The molecular weight excluding hydrogens is 474 g/mol. The molecule has 0 fully saturated rings. The zero-order valence-electron chi connectivity index (χ0n) is 15.2. The molecule has 0 aliphatic heterocycles. The van der Waals surface area contributed by atoms with Crippen LogP contribution in [0.5, 0.6) is 0 Å². The van der Waals surface area contributed by atoms with Crippen LogP contribution in [0, 0.1) is 5.82 Å². The minimum absolute atomic E-state index is 0.0817. The van der Waals surface area contributed by atoms with E-state index in [4.69, 9.17) is 28.9 Å². The number of halogens is 3. The molecule has 0 atom stereocenters. The van der Waals surface area contributed by atoms with Crippen LogP contribution in [-0.4, -0.2) is 29.2 Å². The van der Waals surface area contributed by atoms with Crippen molar-refractivity contribution in [3.8, 4) is 0 Å². The van der Waals surface area contributed by atoms with Crippen LogP contribution in [0.1, 0.15) is 20.7 Å². The monoisotopic (exact) mass is 484 g/mol. The normalized spacial score (nSPS) is 11.2. The van der Waals surface area contributed by atoms with Gasteiger partial charge in [-0.3, -0.25) is 9.59 Å². The molecule has 1 heterocycles. The summed E-state index contributed by atoms with van der Waals surface area (Å²) in [6.07, 6.45) is 0.367. The summed E-state index contributed by atoms with van der Waals surface area (Å²) in [7, 11) is -4.47. The SMILES string of the molecule is NC(=O)c1cc(Cl)ccc1C(=O)Nc1nc(=O)n(S(=O)(=O)c2ccc(Cl)cc2)cc1F. The molecule has 0 saturated heterocycles. The molecule has 31 heavy (non-hydrogen) atoms. The molecule has 0 bridgehead atoms. The molecule has 13 heteroatoms. The number of amides is 2. The fourth-order valence-electron chi connectivity index (χ4n) is 2.49. The third-order valence-corrected chi connectivity index (χ3v) is 6.08. The van der Waals surface area contributed by atoms with Gasteiger partial charge in [0.1, 0.15) is 0 Å². The maximum Gasteiger partial charge on any atom is 0.363 e. The number of nitrogens with two attached hydrogens (primary N) is 1. The van der Waals surface area contributed by atoms with Crippen LogP contribution in [0.3, 0.4) is 0 Å². The van der Waals surface area contributed by atoms with Crippen molar-refractivity contribution in [3.05, 3.63) is 86.1 Å². The highest BCUT2D eigenvalue weighted by Crippen LogP contribution is 2.19. The van der Waals surface area contributed by atoms with Gasteiger partial charge in [-0.2, -0.15) is 8.96 Å². The number of benzene rings is 2. The Hall–Kier alpha value is -3.28. The zero-order valence-corrected chi connectivity index (χ0v) is 17.5. The first-order chi connectivity index (χ1) is 14.5. The van der Waals surface area contributed by atoms with E-state index in [1.165, 1.54) is 24.3 Å². The van der Waals surface area contributed by atoms with Gasteiger partial charge in [0.2, 0.25) is 5.91 Å². The van der Waals surface area contributed by atoms with Crippen molar-refractivity contribution < 1.29 is 22.4 Å². The van der Waals surface area contributed by atoms with Gasteiger partial charge in [0.15, 0.2) is 11.6 Å². The summed E-state index contributed by atoms with van der Waals surface area (Å²) in [6.45, 7) is 0. The predicted octanol–water partition coefficient (Wildman–Crippen LogP) is 2.28. The van der Waals surface area contributed by atoms with E-state index in [0.717, 1.165) is 18.2 Å². The summed E-state index contributed by atoms with van der Waals surface area (Å²) in [4.78, 5) is 39.2. The van der Waals surface area contributed by atoms with Crippen LogP contribution in [0.15, 0.2) is 58.4 Å². The highest BCUT2D eigenvalue weighted by Gasteiger charge is 2.23. The van der Waals surface area contributed by atoms with Gasteiger partial charge in [0, 0.05) is 10.0 Å². The number of aromatic nitrogens is 2. The van der Waals surface area contributed by atoms with Crippen LogP contribution in [0.4, 0.5) is 10.2 Å². The second-order valence-electron chi connectivity index (χ2n) is 5.98. The van der Waals surface area contributed by atoms with Crippen molar-refractivity contribution >= 4 is 50.9 Å². The van der Waals surface area contributed by atoms with E-state index in [1.807, 2.05) is 5.32 Å². The fraction of sp³-hybridized carbons (Fsp3) is 0. The number of anilines is 1. The number of primary amides is 1. The second kappa shape index (κ2) is 8.46. The fourth-order valence-corrected chi connectivity index (χ4v) is 3.97. The Balaban J connectivity index is 1.98. The quantitative estimate of drug-likeness (QED) is 0.568. The summed E-state index contributed by atoms with van der Waals surface area (Å²) >= 11 is 11.5. The highest BCUT2D eigenvalue weighted by molar-refractivity contribution is 7.90. The van der Waals surface area contributed by atoms with E-state index in [0.29, 0.717) is 6.20 Å². The van der Waals surface area contributed by atoms with E-state index >= 15 is 0 Å². The number of nitrogens with zero attached hydrogens (tertiary/aromatic N) is 2. The topological polar surface area (TPSA) is 141 Å². The second-order valence-corrected chi connectivity index (χ2v) is 8.67. The average molecular weight is 485 g/mol. The molecule has 3 N–H and O–H groups in total. The van der Waals surface area contributed by atoms with Gasteiger partial charge >= 0.3 is 5.69 Å². The maximum absolute atomic E-state index is 14.5. The standard InChI is InChI=1S/C18H11Cl2FN4O5S/c19-9-1-4-11(5-2-9)31(29,30)25-8-14(21)16(24-18(25)28)23-17(27)12-6-3-10(20)7-13(12)15(22)26/h1-8H,(H2,22,26)(H,23,24,27,28). The first-order valence-corrected chi connectivity index (χ1v) is 10.4. The Morgan fingerprint density at radius 1 is 1.03 bits per heavy atom. The molecule has 160 valence electrons. The van der Waals surface area contributed by atoms with Gasteiger partial charge in [0.25, 0.3) is 15.9 Å². The Labute approximate surface area is 184 Å². The third-order valence-electron chi connectivity index (χ3n) is 3.95. The lowest BCUT2D eigenvalue weighted by Gasteiger charge is -2.11. The van der Waals surface area contributed by atoms with Crippen LogP contribution < -0.4 is 16.7 Å². The van der Waals surface area contributed by atoms with Crippen molar-refractivity contribution in [1.29, 1.82) is 0 Å². The maximum atomic E-state index is 14.5. The number of hydrogen-bond donors (Lipinski definition) is 2. The van der Waals surface area contributed by atoms with Crippen molar-refractivity contribution in [2.75, 3.05) is 5.32 Å². The van der Waals surface area contributed by atoms with Gasteiger partial charge in [-0.05, 0) is 42.5 Å².